The average molecular weight is 317 g/mol. The molecule has 0 saturated carbocycles. The van der Waals surface area contributed by atoms with Gasteiger partial charge in [-0.1, -0.05) is 36.4 Å². The van der Waals surface area contributed by atoms with E-state index < -0.39 is 0 Å². The minimum atomic E-state index is 0. The summed E-state index contributed by atoms with van der Waals surface area (Å²) < 4.78 is 0. The van der Waals surface area contributed by atoms with Crippen molar-refractivity contribution in [3.05, 3.63) is 68.1 Å². The van der Waals surface area contributed by atoms with E-state index in [-0.39, 0.29) is 7.43 Å². The van der Waals surface area contributed by atoms with Gasteiger partial charge in [-0.2, -0.15) is 0 Å². The number of aliphatic imine (C=N–C) groups is 2. The third-order valence-electron chi connectivity index (χ3n) is 2.03. The molecule has 2 aromatic rings. The number of para-hydroxylation sites is 2. The summed E-state index contributed by atoms with van der Waals surface area (Å²) in [7, 11) is 4.26. The van der Waals surface area contributed by atoms with Gasteiger partial charge in [-0.05, 0) is 24.3 Å². The van der Waals surface area contributed by atoms with Crippen molar-refractivity contribution < 1.29 is 14.6 Å². The van der Waals surface area contributed by atoms with E-state index in [1.807, 2.05) is 60.7 Å². The van der Waals surface area contributed by atoms with Gasteiger partial charge in [-0.15, -0.1) is 0 Å². The van der Waals surface area contributed by atoms with Gasteiger partial charge in [0.25, 0.3) is 0 Å². The number of nitrogens with zero attached hydrogens (tertiary/aromatic N) is 2. The van der Waals surface area contributed by atoms with Crippen LogP contribution in [0.15, 0.2) is 70.6 Å². The molecule has 0 N–H and O–H groups in total. The summed E-state index contributed by atoms with van der Waals surface area (Å²) in [5.74, 6) is 0. The van der Waals surface area contributed by atoms with Gasteiger partial charge in [0.1, 0.15) is 0 Å². The summed E-state index contributed by atoms with van der Waals surface area (Å²) in [4.78, 5) is 8.49. The second-order valence-corrected chi connectivity index (χ2v) is 3.23. The Kier molecular flexibility index (Phi) is 10.8. The predicted molar refractivity (Wildman–Crippen MR) is 81.5 cm³/mol. The molecule has 19 heavy (non-hydrogen) atoms. The second-order valence-electron chi connectivity index (χ2n) is 3.23. The third-order valence-corrected chi connectivity index (χ3v) is 2.03. The van der Waals surface area contributed by atoms with Gasteiger partial charge in [0.15, 0.2) is 0 Å². The van der Waals surface area contributed by atoms with Crippen molar-refractivity contribution in [1.82, 2.24) is 0 Å². The van der Waals surface area contributed by atoms with E-state index in [2.05, 4.69) is 34.8 Å². The Balaban J connectivity index is 0.00000103. The fourth-order valence-corrected chi connectivity index (χ4v) is 1.27. The Morgan fingerprint density at radius 2 is 1.00 bits per heavy atom. The van der Waals surface area contributed by atoms with E-state index in [0.717, 1.165) is 11.4 Å². The molecule has 2 aromatic carbocycles. The summed E-state index contributed by atoms with van der Waals surface area (Å²) in [6.07, 6.45) is 3.39. The Hall–Kier alpha value is -1.44. The first kappa shape index (κ1) is 17.6. The molecule has 0 radical (unpaired) electrons. The van der Waals surface area contributed by atoms with Gasteiger partial charge < -0.3 is 7.43 Å². The molecule has 0 atom stereocenters. The van der Waals surface area contributed by atoms with E-state index in [4.69, 9.17) is 0 Å². The Morgan fingerprint density at radius 1 is 0.684 bits per heavy atom. The molecule has 0 bridgehead atoms. The number of hydrogen-bond donors (Lipinski definition) is 0. The van der Waals surface area contributed by atoms with Crippen LogP contribution in [-0.2, 0) is 14.6 Å². The zero-order chi connectivity index (χ0) is 13.1. The van der Waals surface area contributed by atoms with Crippen LogP contribution in [0.2, 0.25) is 0 Å². The van der Waals surface area contributed by atoms with Crippen LogP contribution in [-0.4, -0.2) is 12.4 Å². The maximum atomic E-state index is 4.26. The fourth-order valence-electron chi connectivity index (χ4n) is 1.27. The first-order valence-electron chi connectivity index (χ1n) is 5.24. The normalized spacial score (nSPS) is 9.84. The predicted octanol–water partition coefficient (Wildman–Crippen LogP) is 4.93. The van der Waals surface area contributed by atoms with Crippen molar-refractivity contribution in [2.24, 2.45) is 9.98 Å². The van der Waals surface area contributed by atoms with E-state index in [9.17, 15) is 0 Å². The summed E-state index contributed by atoms with van der Waals surface area (Å²) in [5.41, 5.74) is 1.86. The number of benzene rings is 2. The standard InChI is InChI=1S/C14H12N2.CH3.ClH.Ni/c1-3-7-13(8-4-1)15-11-12-16-14-9-5-2-6-10-14;;;/h1-12H;1H3;1H;/q;-1;;+1/p-1. The monoisotopic (exact) mass is 316 g/mol. The van der Waals surface area contributed by atoms with Crippen molar-refractivity contribution in [3.63, 3.8) is 0 Å². The Bertz CT molecular complexity index is 437. The molecule has 0 amide bonds. The van der Waals surface area contributed by atoms with Crippen LogP contribution in [0.1, 0.15) is 0 Å². The molecule has 0 aliphatic heterocycles. The van der Waals surface area contributed by atoms with Gasteiger partial charge in [0, 0.05) is 12.4 Å². The molecule has 0 spiro atoms. The van der Waals surface area contributed by atoms with Crippen molar-refractivity contribution in [1.29, 1.82) is 0 Å². The van der Waals surface area contributed by atoms with Crippen LogP contribution in [0.3, 0.4) is 0 Å². The molecule has 0 aliphatic rings. The fraction of sp³-hybridized carbons (Fsp3) is 0. The maximum absolute atomic E-state index is 4.26. The van der Waals surface area contributed by atoms with Crippen molar-refractivity contribution in [2.75, 3.05) is 0 Å². The quantitative estimate of drug-likeness (QED) is 0.436. The van der Waals surface area contributed by atoms with Crippen LogP contribution in [0, 0.1) is 7.43 Å². The molecule has 0 aromatic heterocycles. The molecule has 103 valence electrons. The van der Waals surface area contributed by atoms with E-state index in [1.54, 1.807) is 12.4 Å². The van der Waals surface area contributed by atoms with Crippen molar-refractivity contribution in [2.45, 2.75) is 0 Å². The van der Waals surface area contributed by atoms with Crippen LogP contribution in [0.25, 0.3) is 0 Å². The molecular weight excluding hydrogens is 302 g/mol. The van der Waals surface area contributed by atoms with Crippen molar-refractivity contribution >= 4 is 34.0 Å². The molecule has 4 heteroatoms. The number of halogens is 1. The molecule has 2 nitrogen and oxygen atoms in total. The SMILES string of the molecule is C(C=Nc1ccccc1)=Nc1ccccc1.[CH3-].[Cl][Ni]. The van der Waals surface area contributed by atoms with Gasteiger partial charge in [-0.3, -0.25) is 9.98 Å². The minimum absolute atomic E-state index is 0. The number of rotatable bonds is 3. The van der Waals surface area contributed by atoms with E-state index in [1.165, 1.54) is 0 Å². The summed E-state index contributed by atoms with van der Waals surface area (Å²) in [5, 5.41) is 0. The molecule has 0 heterocycles. The third kappa shape index (κ3) is 7.56. The molecule has 2 rings (SSSR count). The van der Waals surface area contributed by atoms with Gasteiger partial charge in [0.05, 0.1) is 11.4 Å². The Morgan fingerprint density at radius 3 is 1.32 bits per heavy atom. The summed E-state index contributed by atoms with van der Waals surface area (Å²) in [6, 6.07) is 19.6. The second kappa shape index (κ2) is 11.6. The molecule has 0 saturated heterocycles. The molecule has 0 unspecified atom stereocenters. The first-order valence-corrected chi connectivity index (χ1v) is 6.60. The zero-order valence-electron chi connectivity index (χ0n) is 10.5. The van der Waals surface area contributed by atoms with E-state index >= 15 is 0 Å². The van der Waals surface area contributed by atoms with Crippen LogP contribution >= 0.6 is 10.2 Å². The number of hydrogen-bond acceptors (Lipinski definition) is 2. The first-order chi connectivity index (χ1) is 8.95. The summed E-state index contributed by atoms with van der Waals surface area (Å²) in [6.45, 7) is 0. The summed E-state index contributed by atoms with van der Waals surface area (Å²) >= 11 is 3.35. The van der Waals surface area contributed by atoms with Crippen LogP contribution in [0.5, 0.6) is 0 Å². The topological polar surface area (TPSA) is 24.7 Å². The van der Waals surface area contributed by atoms with Crippen LogP contribution < -0.4 is 0 Å². The molecule has 0 fully saturated rings. The van der Waals surface area contributed by atoms with Crippen molar-refractivity contribution in [3.8, 4) is 0 Å². The van der Waals surface area contributed by atoms with Gasteiger partial charge in [-0.25, -0.2) is 0 Å². The molecule has 0 aliphatic carbocycles. The van der Waals surface area contributed by atoms with Gasteiger partial charge >= 0.3 is 24.8 Å². The zero-order valence-corrected chi connectivity index (χ0v) is 12.3. The van der Waals surface area contributed by atoms with E-state index in [0.29, 0.717) is 0 Å². The van der Waals surface area contributed by atoms with Crippen LogP contribution in [0.4, 0.5) is 11.4 Å². The van der Waals surface area contributed by atoms with Gasteiger partial charge in [0.2, 0.25) is 0 Å². The average Bonchev–Trinajstić information content (AvgIpc) is 2.48. The Labute approximate surface area is 126 Å². The molecular formula is C15H15ClN2Ni-.